The lowest BCUT2D eigenvalue weighted by Gasteiger charge is -2.13. The summed E-state index contributed by atoms with van der Waals surface area (Å²) in [4.78, 5) is 26.5. The van der Waals surface area contributed by atoms with Gasteiger partial charge in [0.25, 0.3) is 0 Å². The number of benzene rings is 2. The van der Waals surface area contributed by atoms with Crippen molar-refractivity contribution in [3.8, 4) is 11.1 Å². The van der Waals surface area contributed by atoms with Gasteiger partial charge in [0.15, 0.2) is 0 Å². The maximum absolute atomic E-state index is 11.9. The van der Waals surface area contributed by atoms with Crippen LogP contribution in [-0.2, 0) is 9.53 Å². The van der Waals surface area contributed by atoms with Crippen LogP contribution >= 0.6 is 0 Å². The molecule has 0 radical (unpaired) electrons. The van der Waals surface area contributed by atoms with Crippen molar-refractivity contribution in [2.75, 3.05) is 6.61 Å². The Morgan fingerprint density at radius 3 is 2.08 bits per heavy atom. The van der Waals surface area contributed by atoms with Crippen LogP contribution in [-0.4, -0.2) is 24.4 Å². The number of carbonyl (C=O) groups is 2. The minimum absolute atomic E-state index is 0.00220. The lowest BCUT2D eigenvalue weighted by Crippen LogP contribution is -2.26. The fourth-order valence-electron chi connectivity index (χ4n) is 3.05. The number of ether oxygens (including phenoxy) is 1. The summed E-state index contributed by atoms with van der Waals surface area (Å²) in [7, 11) is 0. The molecule has 5 heteroatoms. The first kappa shape index (κ1) is 15.9. The van der Waals surface area contributed by atoms with Gasteiger partial charge in [-0.2, -0.15) is 4.99 Å². The molecule has 122 valence electrons. The lowest BCUT2D eigenvalue weighted by atomic mass is 9.98. The number of amides is 2. The molecule has 1 aliphatic carbocycles. The van der Waals surface area contributed by atoms with Crippen molar-refractivity contribution >= 4 is 17.8 Å². The van der Waals surface area contributed by atoms with Gasteiger partial charge in [-0.3, -0.25) is 4.79 Å². The van der Waals surface area contributed by atoms with Gasteiger partial charge in [-0.1, -0.05) is 48.5 Å². The topological polar surface area (TPSA) is 67.8 Å². The summed E-state index contributed by atoms with van der Waals surface area (Å²) in [6.07, 6.45) is -0.705. The summed E-state index contributed by atoms with van der Waals surface area (Å²) >= 11 is 0. The van der Waals surface area contributed by atoms with E-state index < -0.39 is 6.09 Å². The minimum Gasteiger partial charge on any atom is -0.447 e. The fourth-order valence-corrected chi connectivity index (χ4v) is 3.05. The summed E-state index contributed by atoms with van der Waals surface area (Å²) in [6, 6.07) is 16.2. The number of hydrogen-bond acceptors (Lipinski definition) is 3. The van der Waals surface area contributed by atoms with Gasteiger partial charge in [-0.05, 0) is 29.2 Å². The molecule has 2 aromatic carbocycles. The van der Waals surface area contributed by atoms with E-state index >= 15 is 0 Å². The number of nitrogens with one attached hydrogen (secondary N) is 1. The van der Waals surface area contributed by atoms with Crippen molar-refractivity contribution < 1.29 is 14.3 Å². The van der Waals surface area contributed by atoms with Crippen LogP contribution in [0.25, 0.3) is 11.1 Å². The third-order valence-corrected chi connectivity index (χ3v) is 3.95. The van der Waals surface area contributed by atoms with E-state index in [1.54, 1.807) is 6.92 Å². The molecule has 3 rings (SSSR count). The van der Waals surface area contributed by atoms with E-state index in [0.717, 1.165) is 11.1 Å². The molecule has 0 aliphatic heterocycles. The minimum atomic E-state index is -0.705. The lowest BCUT2D eigenvalue weighted by molar-refractivity contribution is -0.117. The van der Waals surface area contributed by atoms with E-state index in [0.29, 0.717) is 0 Å². The van der Waals surface area contributed by atoms with Gasteiger partial charge >= 0.3 is 6.09 Å². The molecule has 0 bridgehead atoms. The molecular formula is C19H18N2O3. The molecular weight excluding hydrogens is 304 g/mol. The SMILES string of the molecule is CC(=O)N/C(C)=N/C(=O)OCC1c2ccccc2-c2ccccc21. The van der Waals surface area contributed by atoms with E-state index in [9.17, 15) is 9.59 Å². The summed E-state index contributed by atoms with van der Waals surface area (Å²) < 4.78 is 5.31. The van der Waals surface area contributed by atoms with Crippen LogP contribution in [0, 0.1) is 0 Å². The monoisotopic (exact) mass is 322 g/mol. The normalized spacial score (nSPS) is 13.2. The largest absolute Gasteiger partial charge is 0.447 e. The first-order valence-electron chi connectivity index (χ1n) is 7.74. The average Bonchev–Trinajstić information content (AvgIpc) is 2.86. The Bertz CT molecular complexity index is 781. The fraction of sp³-hybridized carbons (Fsp3) is 0.211. The summed E-state index contributed by atoms with van der Waals surface area (Å²) in [5, 5.41) is 2.44. The van der Waals surface area contributed by atoms with Crippen molar-refractivity contribution in [2.24, 2.45) is 4.99 Å². The van der Waals surface area contributed by atoms with Gasteiger partial charge in [0.05, 0.1) is 0 Å². The molecule has 0 atom stereocenters. The van der Waals surface area contributed by atoms with Crippen LogP contribution in [0.4, 0.5) is 4.79 Å². The summed E-state index contributed by atoms with van der Waals surface area (Å²) in [5.74, 6) is -0.0555. The van der Waals surface area contributed by atoms with E-state index in [1.165, 1.54) is 18.1 Å². The average molecular weight is 322 g/mol. The quantitative estimate of drug-likeness (QED) is 0.680. The predicted molar refractivity (Wildman–Crippen MR) is 92.0 cm³/mol. The van der Waals surface area contributed by atoms with Gasteiger partial charge in [0.1, 0.15) is 12.4 Å². The molecule has 0 heterocycles. The molecule has 2 aromatic rings. The highest BCUT2D eigenvalue weighted by Gasteiger charge is 2.28. The zero-order valence-electron chi connectivity index (χ0n) is 13.6. The molecule has 0 fully saturated rings. The first-order chi connectivity index (χ1) is 11.6. The zero-order chi connectivity index (χ0) is 17.1. The maximum Gasteiger partial charge on any atom is 0.435 e. The molecule has 5 nitrogen and oxygen atoms in total. The highest BCUT2D eigenvalue weighted by atomic mass is 16.5. The molecule has 24 heavy (non-hydrogen) atoms. The summed E-state index contributed by atoms with van der Waals surface area (Å²) in [6.45, 7) is 3.11. The molecule has 0 aromatic heterocycles. The van der Waals surface area contributed by atoms with Crippen LogP contribution < -0.4 is 5.32 Å². The van der Waals surface area contributed by atoms with Crippen molar-refractivity contribution in [2.45, 2.75) is 19.8 Å². The summed E-state index contributed by atoms with van der Waals surface area (Å²) in [5.41, 5.74) is 4.64. The van der Waals surface area contributed by atoms with Crippen molar-refractivity contribution in [3.05, 3.63) is 59.7 Å². The van der Waals surface area contributed by atoms with Gasteiger partial charge < -0.3 is 10.1 Å². The van der Waals surface area contributed by atoms with Crippen LogP contribution in [0.2, 0.25) is 0 Å². The third kappa shape index (κ3) is 3.20. The Morgan fingerprint density at radius 1 is 1.00 bits per heavy atom. The number of aliphatic imine (C=N–C) groups is 1. The molecule has 0 spiro atoms. The molecule has 0 saturated carbocycles. The highest BCUT2D eigenvalue weighted by Crippen LogP contribution is 2.44. The van der Waals surface area contributed by atoms with Crippen LogP contribution in [0.15, 0.2) is 53.5 Å². The van der Waals surface area contributed by atoms with Crippen molar-refractivity contribution in [1.82, 2.24) is 5.32 Å². The zero-order valence-corrected chi connectivity index (χ0v) is 13.6. The van der Waals surface area contributed by atoms with Crippen LogP contribution in [0.1, 0.15) is 30.9 Å². The predicted octanol–water partition coefficient (Wildman–Crippen LogP) is 3.49. The maximum atomic E-state index is 11.9. The standard InChI is InChI=1S/C19H18N2O3/c1-12(20-13(2)22)21-19(23)24-11-18-16-9-5-3-7-14(16)15-8-4-6-10-17(15)18/h3-10,18H,11H2,1-2H3,(H,20,21,22,23). The van der Waals surface area contributed by atoms with Gasteiger partial charge in [-0.25, -0.2) is 4.79 Å². The molecule has 1 aliphatic rings. The van der Waals surface area contributed by atoms with Gasteiger partial charge in [0.2, 0.25) is 5.91 Å². The number of fused-ring (bicyclic) bond motifs is 3. The Morgan fingerprint density at radius 2 is 1.54 bits per heavy atom. The molecule has 0 unspecified atom stereocenters. The van der Waals surface area contributed by atoms with Gasteiger partial charge in [0, 0.05) is 12.8 Å². The van der Waals surface area contributed by atoms with E-state index in [-0.39, 0.29) is 24.3 Å². The number of nitrogens with zero attached hydrogens (tertiary/aromatic N) is 1. The Kier molecular flexibility index (Phi) is 4.42. The Balaban J connectivity index is 1.76. The molecule has 1 N–H and O–H groups in total. The second-order valence-electron chi connectivity index (χ2n) is 5.68. The first-order valence-corrected chi connectivity index (χ1v) is 7.74. The number of amidine groups is 1. The smallest absolute Gasteiger partial charge is 0.435 e. The Labute approximate surface area is 140 Å². The molecule has 2 amide bonds. The van der Waals surface area contributed by atoms with Crippen LogP contribution in [0.5, 0.6) is 0 Å². The second-order valence-corrected chi connectivity index (χ2v) is 5.68. The van der Waals surface area contributed by atoms with E-state index in [1.807, 2.05) is 24.3 Å². The van der Waals surface area contributed by atoms with Crippen molar-refractivity contribution in [3.63, 3.8) is 0 Å². The van der Waals surface area contributed by atoms with Crippen molar-refractivity contribution in [1.29, 1.82) is 0 Å². The number of hydrogen-bond donors (Lipinski definition) is 1. The Hall–Kier alpha value is -2.95. The number of carbonyl (C=O) groups excluding carboxylic acids is 2. The van der Waals surface area contributed by atoms with Gasteiger partial charge in [-0.15, -0.1) is 0 Å². The second kappa shape index (κ2) is 6.66. The number of rotatable bonds is 2. The highest BCUT2D eigenvalue weighted by molar-refractivity contribution is 6.00. The van der Waals surface area contributed by atoms with E-state index in [2.05, 4.69) is 34.6 Å². The van der Waals surface area contributed by atoms with Crippen LogP contribution in [0.3, 0.4) is 0 Å². The molecule has 0 saturated heterocycles. The van der Waals surface area contributed by atoms with E-state index in [4.69, 9.17) is 4.74 Å². The third-order valence-electron chi connectivity index (χ3n) is 3.95.